The molecule has 3 rings (SSSR count). The Hall–Kier alpha value is -1.02. The van der Waals surface area contributed by atoms with Crippen molar-refractivity contribution >= 4 is 5.69 Å². The summed E-state index contributed by atoms with van der Waals surface area (Å²) in [4.78, 5) is 2.39. The summed E-state index contributed by atoms with van der Waals surface area (Å²) in [6.45, 7) is 4.60. The number of fused-ring (bicyclic) bond motifs is 1. The van der Waals surface area contributed by atoms with Gasteiger partial charge in [0.15, 0.2) is 0 Å². The molecule has 1 heterocycles. The zero-order valence-corrected chi connectivity index (χ0v) is 13.7. The van der Waals surface area contributed by atoms with Crippen molar-refractivity contribution in [2.24, 2.45) is 5.92 Å². The van der Waals surface area contributed by atoms with Crippen molar-refractivity contribution in [3.05, 3.63) is 29.3 Å². The Balaban J connectivity index is 1.57. The van der Waals surface area contributed by atoms with Gasteiger partial charge in [-0.05, 0) is 55.7 Å². The molecule has 0 aromatic heterocycles. The number of nitrogens with one attached hydrogen (secondary N) is 1. The molecule has 0 bridgehead atoms. The monoisotopic (exact) mass is 286 g/mol. The smallest absolute Gasteiger partial charge is 0.0396 e. The Morgan fingerprint density at radius 2 is 2.00 bits per heavy atom. The van der Waals surface area contributed by atoms with Crippen LogP contribution in [0.25, 0.3) is 0 Å². The number of rotatable bonds is 4. The van der Waals surface area contributed by atoms with Crippen LogP contribution in [0, 0.1) is 5.92 Å². The van der Waals surface area contributed by atoms with E-state index in [0.717, 1.165) is 12.5 Å². The number of benzene rings is 1. The van der Waals surface area contributed by atoms with Gasteiger partial charge in [-0.1, -0.05) is 31.4 Å². The molecule has 1 aromatic carbocycles. The van der Waals surface area contributed by atoms with Crippen LogP contribution in [0.4, 0.5) is 5.69 Å². The van der Waals surface area contributed by atoms with E-state index in [1.165, 1.54) is 68.3 Å². The van der Waals surface area contributed by atoms with Crippen molar-refractivity contribution in [1.29, 1.82) is 0 Å². The summed E-state index contributed by atoms with van der Waals surface area (Å²) in [6.07, 6.45) is 9.68. The summed E-state index contributed by atoms with van der Waals surface area (Å²) in [6, 6.07) is 7.70. The van der Waals surface area contributed by atoms with Gasteiger partial charge in [-0.25, -0.2) is 0 Å². The number of nitrogens with zero attached hydrogens (tertiary/aromatic N) is 1. The van der Waals surface area contributed by atoms with Gasteiger partial charge < -0.3 is 10.2 Å². The van der Waals surface area contributed by atoms with Crippen LogP contribution in [0.2, 0.25) is 0 Å². The van der Waals surface area contributed by atoms with Crippen molar-refractivity contribution in [3.63, 3.8) is 0 Å². The van der Waals surface area contributed by atoms with Gasteiger partial charge in [-0.3, -0.25) is 0 Å². The van der Waals surface area contributed by atoms with Crippen LogP contribution in [0.3, 0.4) is 0 Å². The molecule has 0 spiro atoms. The fourth-order valence-corrected chi connectivity index (χ4v) is 4.03. The standard InChI is InChI=1S/C19H30N2/c1-15(17-7-4-3-5-8-17)20-14-16-10-11-19-18(13-16)9-6-12-21(19)2/h10-11,13,15,17,20H,3-9,12,14H2,1-2H3. The van der Waals surface area contributed by atoms with Crippen LogP contribution in [0.5, 0.6) is 0 Å². The van der Waals surface area contributed by atoms with Gasteiger partial charge in [0, 0.05) is 31.9 Å². The fraction of sp³-hybridized carbons (Fsp3) is 0.684. The lowest BCUT2D eigenvalue weighted by Gasteiger charge is -2.29. The maximum atomic E-state index is 3.77. The first-order valence-electron chi connectivity index (χ1n) is 8.80. The van der Waals surface area contributed by atoms with E-state index in [0.29, 0.717) is 6.04 Å². The van der Waals surface area contributed by atoms with Crippen molar-refractivity contribution in [1.82, 2.24) is 5.32 Å². The minimum Gasteiger partial charge on any atom is -0.374 e. The van der Waals surface area contributed by atoms with Gasteiger partial charge in [-0.15, -0.1) is 0 Å². The summed E-state index contributed by atoms with van der Waals surface area (Å²) in [5.41, 5.74) is 4.42. The van der Waals surface area contributed by atoms with Crippen LogP contribution in [0.15, 0.2) is 18.2 Å². The van der Waals surface area contributed by atoms with Crippen LogP contribution < -0.4 is 10.2 Å². The third-order valence-corrected chi connectivity index (χ3v) is 5.48. The molecule has 116 valence electrons. The molecule has 1 aliphatic carbocycles. The molecule has 1 unspecified atom stereocenters. The van der Waals surface area contributed by atoms with Gasteiger partial charge in [0.2, 0.25) is 0 Å². The van der Waals surface area contributed by atoms with E-state index in [2.05, 4.69) is 42.4 Å². The molecule has 0 saturated heterocycles. The minimum atomic E-state index is 0.656. The maximum absolute atomic E-state index is 3.77. The van der Waals surface area contributed by atoms with E-state index >= 15 is 0 Å². The molecular weight excluding hydrogens is 256 g/mol. The largest absolute Gasteiger partial charge is 0.374 e. The van der Waals surface area contributed by atoms with Crippen molar-refractivity contribution in [3.8, 4) is 0 Å². The van der Waals surface area contributed by atoms with E-state index in [-0.39, 0.29) is 0 Å². The zero-order chi connectivity index (χ0) is 14.7. The third-order valence-electron chi connectivity index (χ3n) is 5.48. The van der Waals surface area contributed by atoms with Gasteiger partial charge in [0.1, 0.15) is 0 Å². The van der Waals surface area contributed by atoms with Crippen LogP contribution in [-0.4, -0.2) is 19.6 Å². The topological polar surface area (TPSA) is 15.3 Å². The van der Waals surface area contributed by atoms with E-state index in [4.69, 9.17) is 0 Å². The second-order valence-electron chi connectivity index (χ2n) is 7.06. The highest BCUT2D eigenvalue weighted by Crippen LogP contribution is 2.28. The summed E-state index contributed by atoms with van der Waals surface area (Å²) >= 11 is 0. The first-order valence-corrected chi connectivity index (χ1v) is 8.80. The molecule has 1 N–H and O–H groups in total. The van der Waals surface area contributed by atoms with E-state index in [9.17, 15) is 0 Å². The molecule has 21 heavy (non-hydrogen) atoms. The highest BCUT2D eigenvalue weighted by atomic mass is 15.1. The Labute approximate surface area is 129 Å². The number of aryl methyl sites for hydroxylation is 1. The van der Waals surface area contributed by atoms with Gasteiger partial charge in [-0.2, -0.15) is 0 Å². The van der Waals surface area contributed by atoms with Gasteiger partial charge in [0.05, 0.1) is 0 Å². The quantitative estimate of drug-likeness (QED) is 0.895. The van der Waals surface area contributed by atoms with Crippen molar-refractivity contribution in [2.75, 3.05) is 18.5 Å². The number of hydrogen-bond acceptors (Lipinski definition) is 2. The van der Waals surface area contributed by atoms with E-state index in [1.807, 2.05) is 0 Å². The zero-order valence-electron chi connectivity index (χ0n) is 13.7. The van der Waals surface area contributed by atoms with E-state index < -0.39 is 0 Å². The first kappa shape index (κ1) is 14.9. The number of anilines is 1. The molecule has 1 saturated carbocycles. The summed E-state index contributed by atoms with van der Waals surface area (Å²) in [5.74, 6) is 0.891. The lowest BCUT2D eigenvalue weighted by Crippen LogP contribution is -2.34. The Morgan fingerprint density at radius 3 is 2.81 bits per heavy atom. The second kappa shape index (κ2) is 6.83. The Morgan fingerprint density at radius 1 is 1.19 bits per heavy atom. The second-order valence-corrected chi connectivity index (χ2v) is 7.06. The first-order chi connectivity index (χ1) is 10.2. The molecule has 1 atom stereocenters. The maximum Gasteiger partial charge on any atom is 0.0396 e. The molecule has 1 fully saturated rings. The predicted molar refractivity (Wildman–Crippen MR) is 90.9 cm³/mol. The minimum absolute atomic E-state index is 0.656. The average molecular weight is 286 g/mol. The lowest BCUT2D eigenvalue weighted by atomic mass is 9.84. The van der Waals surface area contributed by atoms with Gasteiger partial charge >= 0.3 is 0 Å². The lowest BCUT2D eigenvalue weighted by molar-refractivity contribution is 0.280. The van der Waals surface area contributed by atoms with Crippen LogP contribution in [-0.2, 0) is 13.0 Å². The van der Waals surface area contributed by atoms with Crippen molar-refractivity contribution in [2.45, 2.75) is 64.5 Å². The summed E-state index contributed by atoms with van der Waals surface area (Å²) < 4.78 is 0. The normalized spacial score (nSPS) is 21.1. The molecule has 2 aliphatic rings. The third kappa shape index (κ3) is 3.60. The van der Waals surface area contributed by atoms with Crippen molar-refractivity contribution < 1.29 is 0 Å². The Kier molecular flexibility index (Phi) is 4.84. The SMILES string of the molecule is CC(NCc1ccc2c(c1)CCCN2C)C1CCCCC1. The average Bonchev–Trinajstić information content (AvgIpc) is 2.53. The molecule has 1 aromatic rings. The summed E-state index contributed by atoms with van der Waals surface area (Å²) in [5, 5.41) is 3.77. The summed E-state index contributed by atoms with van der Waals surface area (Å²) in [7, 11) is 2.21. The molecule has 2 heteroatoms. The molecule has 2 nitrogen and oxygen atoms in total. The molecule has 0 radical (unpaired) electrons. The highest BCUT2D eigenvalue weighted by molar-refractivity contribution is 5.56. The Bertz CT molecular complexity index is 463. The molecule has 1 aliphatic heterocycles. The van der Waals surface area contributed by atoms with Crippen LogP contribution >= 0.6 is 0 Å². The van der Waals surface area contributed by atoms with E-state index in [1.54, 1.807) is 0 Å². The van der Waals surface area contributed by atoms with Gasteiger partial charge in [0.25, 0.3) is 0 Å². The fourth-order valence-electron chi connectivity index (χ4n) is 4.03. The van der Waals surface area contributed by atoms with Crippen LogP contribution in [0.1, 0.15) is 56.6 Å². The highest BCUT2D eigenvalue weighted by Gasteiger charge is 2.19. The predicted octanol–water partition coefficient (Wildman–Crippen LogP) is 4.13. The number of hydrogen-bond donors (Lipinski definition) is 1. The molecule has 0 amide bonds. The molecular formula is C19H30N2.